The van der Waals surface area contributed by atoms with Gasteiger partial charge in [0.05, 0.1) is 99.2 Å². The van der Waals surface area contributed by atoms with Gasteiger partial charge in [0.15, 0.2) is 22.8 Å². The molecule has 0 heterocycles. The van der Waals surface area contributed by atoms with Crippen molar-refractivity contribution >= 4 is 45.1 Å². The molecule has 4 aromatic rings. The Morgan fingerprint density at radius 1 is 0.258 bits per heavy atom. The third-order valence-electron chi connectivity index (χ3n) is 19.9. The average molecular weight is 1710 g/mol. The minimum atomic E-state index is -5.43. The number of ether oxygens (including phenoxy) is 2. The molecule has 0 aliphatic heterocycles. The van der Waals surface area contributed by atoms with Crippen molar-refractivity contribution in [1.29, 1.82) is 73.7 Å². The Labute approximate surface area is 706 Å². The Bertz CT molecular complexity index is 7670. The van der Waals surface area contributed by atoms with Crippen LogP contribution in [0.25, 0.3) is 103 Å². The van der Waals surface area contributed by atoms with E-state index in [1.54, 1.807) is 30.3 Å². The maximum atomic E-state index is 15.3. The first-order valence-electron chi connectivity index (χ1n) is 33.6. The van der Waals surface area contributed by atoms with Gasteiger partial charge in [-0.2, -0.15) is 139 Å². The van der Waals surface area contributed by atoms with Gasteiger partial charge in [0.2, 0.25) is 0 Å². The number of nitriles is 14. The molecule has 128 heavy (non-hydrogen) atoms. The third kappa shape index (κ3) is 14.8. The van der Waals surface area contributed by atoms with E-state index in [0.717, 1.165) is 0 Å². The first-order valence-corrected chi connectivity index (χ1v) is 33.6. The second kappa shape index (κ2) is 35.0. The summed E-state index contributed by atoms with van der Waals surface area (Å²) in [5, 5.41) is 127. The van der Waals surface area contributed by atoms with Crippen LogP contribution in [0.15, 0.2) is 90.2 Å². The number of rotatable bonds is 2. The summed E-state index contributed by atoms with van der Waals surface area (Å²) in [7, 11) is 0. The van der Waals surface area contributed by atoms with Crippen molar-refractivity contribution < 1.29 is 70.9 Å². The Balaban J connectivity index is 0.000000193. The first-order chi connectivity index (χ1) is 60.8. The molecule has 0 aromatic heterocycles. The van der Waals surface area contributed by atoms with E-state index < -0.39 is 207 Å². The quantitative estimate of drug-likeness (QED) is 0.102. The zero-order chi connectivity index (χ0) is 95.2. The van der Waals surface area contributed by atoms with Crippen LogP contribution >= 0.6 is 0 Å². The number of allylic oxidation sites excluding steroid dienone is 8. The van der Waals surface area contributed by atoms with Gasteiger partial charge in [0, 0.05) is 95.6 Å². The second-order valence-electron chi connectivity index (χ2n) is 25.5. The van der Waals surface area contributed by atoms with Gasteiger partial charge in [-0.3, -0.25) is 0 Å². The van der Waals surface area contributed by atoms with Crippen molar-refractivity contribution in [2.24, 2.45) is 0 Å². The van der Waals surface area contributed by atoms with E-state index in [1.807, 2.05) is 18.2 Å². The Morgan fingerprint density at radius 3 is 0.852 bits per heavy atom. The maximum Gasteiger partial charge on any atom is 0.573 e. The number of fused-ring (bicyclic) bond motifs is 8. The van der Waals surface area contributed by atoms with Crippen molar-refractivity contribution in [2.75, 3.05) is 0 Å². The first kappa shape index (κ1) is 91.0. The lowest BCUT2D eigenvalue weighted by molar-refractivity contribution is -0.277. The van der Waals surface area contributed by atoms with E-state index in [4.69, 9.17) is 99.9 Å². The molecule has 0 amide bonds. The largest absolute Gasteiger partial charge is 0.573 e. The Kier molecular flexibility index (Phi) is 24.9. The molecular weight excluding hydrogens is 1700 g/mol. The van der Waals surface area contributed by atoms with Gasteiger partial charge < -0.3 is 9.47 Å². The van der Waals surface area contributed by atoms with Gasteiger partial charge in [-0.05, 0) is 64.3 Å². The minimum absolute atomic E-state index is 0.0312. The van der Waals surface area contributed by atoms with E-state index in [2.05, 4.69) is 67.6 Å². The van der Waals surface area contributed by atoms with Crippen LogP contribution in [-0.4, -0.2) is 12.7 Å². The fourth-order valence-corrected chi connectivity index (χ4v) is 15.3. The van der Waals surface area contributed by atoms with Crippen LogP contribution < -0.4 is 51.2 Å². The third-order valence-corrected chi connectivity index (χ3v) is 19.9. The molecule has 0 saturated heterocycles. The highest BCUT2D eigenvalue weighted by Gasteiger charge is 2.50. The normalized spacial score (nSPS) is 13.5. The zero-order valence-electron chi connectivity index (χ0n) is 62.4. The molecule has 4 aromatic carbocycles. The smallest absolute Gasteiger partial charge is 0.406 e. The van der Waals surface area contributed by atoms with Gasteiger partial charge in [0.25, 0.3) is 0 Å². The van der Waals surface area contributed by atoms with Crippen LogP contribution in [0.1, 0.15) is 66.8 Å². The summed E-state index contributed by atoms with van der Waals surface area (Å²) >= 11 is 0. The van der Waals surface area contributed by atoms with Gasteiger partial charge in [0.1, 0.15) is 177 Å². The summed E-state index contributed by atoms with van der Waals surface area (Å²) in [4.78, 5) is 36.5. The molecule has 600 valence electrons. The summed E-state index contributed by atoms with van der Waals surface area (Å²) in [6.07, 6.45) is -25.8. The SMILES string of the molecule is [C-]#[N+]C([N+]#[C-])=C1Cc2c(C#N)c3c(c(C#N)c2=C1[N+]#[C-])CC(=C(C#N)C#N)C=3C#N.[C-]#[N+]C([N+]#[C-])=C1Cc2c(C(F)(F)F)c3c(c(C(F)(F)F)c2=C1[N+]#[C-])CC(=C(C#N)C#N)C=3C#N.[C-]#[N+]C([N+]#[C-])=C1Cc2c(F)c3c(c(F)c2=C1[N+]#[C-])CC(=C(C#N)C#N)C=3C#N.[C-]#[N+]C([N+]#[C-])=C1Cc2c(OC(F)(F)F)c3c(c(OC(F)(F)F)c2=C1[N+]#[C-])CC(=C(C#N)C#N)C=3C#N. The van der Waals surface area contributed by atoms with Gasteiger partial charge >= 0.3 is 48.4 Å². The molecule has 42 heteroatoms. The number of nitrogens with zero attached hydrogens (tertiary/aromatic N) is 26. The van der Waals surface area contributed by atoms with Crippen molar-refractivity contribution in [2.45, 2.75) is 76.4 Å². The molecule has 8 aliphatic carbocycles. The maximum absolute atomic E-state index is 15.3. The van der Waals surface area contributed by atoms with Gasteiger partial charge in [-0.25, -0.2) is 28.2 Å². The number of alkyl halides is 12. The fourth-order valence-electron chi connectivity index (χ4n) is 15.3. The van der Waals surface area contributed by atoms with Crippen LogP contribution in [0, 0.1) is 249 Å². The molecule has 0 spiro atoms. The lowest BCUT2D eigenvalue weighted by Gasteiger charge is -2.19. The van der Waals surface area contributed by atoms with Gasteiger partial charge in [-0.15, -0.1) is 26.3 Å². The number of hydrogen-bond acceptors (Lipinski definition) is 16. The molecule has 0 radical (unpaired) electrons. The van der Waals surface area contributed by atoms with Crippen LogP contribution in [0.5, 0.6) is 11.5 Å². The number of benzene rings is 4. The molecule has 0 unspecified atom stereocenters. The summed E-state index contributed by atoms with van der Waals surface area (Å²) in [6.45, 7) is 86.4. The van der Waals surface area contributed by atoms with E-state index in [-0.39, 0.29) is 131 Å². The summed E-state index contributed by atoms with van der Waals surface area (Å²) in [5.74, 6) is -6.57. The molecule has 0 atom stereocenters. The lowest BCUT2D eigenvalue weighted by atomic mass is 9.92. The zero-order valence-corrected chi connectivity index (χ0v) is 62.4. The van der Waals surface area contributed by atoms with Crippen LogP contribution in [0.2, 0.25) is 0 Å². The standard InChI is InChI=1S/C22H4F6N6O2.C22H4F6N6.C22H4N8.C20H4F2N6/c1-32-17-13(20(33-2)34-3)5-12-16(17)19(36-22(26,27)28)11-4-10(9(6-29)7-30)14(8-31)15(11)18(12)35-21(23,24)25;1-32-19-13(20(33-2)34-3)5-12-16(19)18(22(26,27)28)11-4-10(9(6-29)7-30)14(8-31)15(11)17(12)21(23,24)25;1-28-21-15(22(29-2)30-3)5-14-17(9-26)19-13(18(10-27)20(14)21)4-12(16(19)8-25)11(6-23)7-24;1-26-19-13(20(27-2)28-3)5-12-16(19)18(22)11-4-10(9(6-23)7-24)14(8-25)15(11)17(12)21/h4-5H2;4-5H2;4-5H2;4-5H2. The monoisotopic (exact) mass is 1710 g/mol. The second-order valence-corrected chi connectivity index (χ2v) is 25.5. The van der Waals surface area contributed by atoms with E-state index in [9.17, 15) is 105 Å². The summed E-state index contributed by atoms with van der Waals surface area (Å²) in [5.41, 5.74) is -14.5. The van der Waals surface area contributed by atoms with E-state index in [1.165, 1.54) is 36.4 Å². The topological polar surface area (TPSA) is 404 Å². The number of hydrogen-bond donors (Lipinski definition) is 0. The van der Waals surface area contributed by atoms with Crippen LogP contribution in [0.3, 0.4) is 0 Å². The van der Waals surface area contributed by atoms with Crippen molar-refractivity contribution in [1.82, 2.24) is 0 Å². The molecule has 8 aliphatic rings. The van der Waals surface area contributed by atoms with E-state index >= 15 is 8.78 Å². The predicted octanol–water partition coefficient (Wildman–Crippen LogP) is 11.4. The summed E-state index contributed by atoms with van der Waals surface area (Å²) in [6, 6.07) is 22.9. The van der Waals surface area contributed by atoms with Gasteiger partial charge in [-0.1, -0.05) is 0 Å². The van der Waals surface area contributed by atoms with Crippen molar-refractivity contribution in [3.63, 3.8) is 0 Å². The molecule has 28 nitrogen and oxygen atoms in total. The van der Waals surface area contributed by atoms with E-state index in [0.29, 0.717) is 5.56 Å². The predicted molar refractivity (Wildman–Crippen MR) is 395 cm³/mol. The molecule has 0 bridgehead atoms. The fraction of sp³-hybridized carbons (Fsp3) is 0.140. The molecule has 0 saturated carbocycles. The average Bonchev–Trinajstić information content (AvgIpc) is 1.52. The molecular formula is C86H16F14N26O2. The van der Waals surface area contributed by atoms with Crippen LogP contribution in [0.4, 0.5) is 61.5 Å². The highest BCUT2D eigenvalue weighted by Crippen LogP contribution is 2.46. The van der Waals surface area contributed by atoms with Crippen molar-refractivity contribution in [3.05, 3.63) is 347 Å². The lowest BCUT2D eigenvalue weighted by Crippen LogP contribution is -2.35. The number of halogens is 14. The molecule has 0 N–H and O–H groups in total. The molecule has 0 fully saturated rings. The summed E-state index contributed by atoms with van der Waals surface area (Å²) < 4.78 is 205. The highest BCUT2D eigenvalue weighted by molar-refractivity contribution is 5.93. The Morgan fingerprint density at radius 2 is 0.500 bits per heavy atom. The highest BCUT2D eigenvalue weighted by atomic mass is 19.4. The minimum Gasteiger partial charge on any atom is -0.406 e. The molecule has 12 rings (SSSR count). The van der Waals surface area contributed by atoms with Crippen molar-refractivity contribution in [3.8, 4) is 96.5 Å². The Hall–Kier alpha value is -20.9. The van der Waals surface area contributed by atoms with Crippen LogP contribution in [-0.2, 0) is 63.7 Å².